The molecule has 0 N–H and O–H groups in total. The monoisotopic (exact) mass is 298 g/mol. The average Bonchev–Trinajstić information content (AvgIpc) is 2.77. The zero-order valence-corrected chi connectivity index (χ0v) is 11.2. The van der Waals surface area contributed by atoms with Gasteiger partial charge < -0.3 is 9.68 Å². The third kappa shape index (κ3) is 6.74. The summed E-state index contributed by atoms with van der Waals surface area (Å²) < 4.78 is 0. The van der Waals surface area contributed by atoms with Crippen molar-refractivity contribution in [3.8, 4) is 0 Å². The van der Waals surface area contributed by atoms with Crippen LogP contribution in [0.2, 0.25) is 0 Å². The lowest BCUT2D eigenvalue weighted by Crippen LogP contribution is -2.24. The number of hydrogen-bond donors (Lipinski definition) is 0. The predicted molar refractivity (Wildman–Crippen MR) is 67.1 cm³/mol. The fourth-order valence-corrected chi connectivity index (χ4v) is 4.60. The Morgan fingerprint density at radius 1 is 1.33 bits per heavy atom. The Morgan fingerprint density at radius 2 is 2.11 bits per heavy atom. The quantitative estimate of drug-likeness (QED) is 0.362. The second-order valence-corrected chi connectivity index (χ2v) is 6.52. The van der Waals surface area contributed by atoms with Gasteiger partial charge >= 0.3 is 0 Å². The van der Waals surface area contributed by atoms with E-state index in [4.69, 9.17) is 0 Å². The Kier molecular flexibility index (Phi) is 6.94. The number of hydrogen-bond acceptors (Lipinski definition) is 8. The molecular formula is C8H14N2O6S2. The molecule has 0 radical (unpaired) electrons. The summed E-state index contributed by atoms with van der Waals surface area (Å²) in [5.74, 6) is 1.13. The summed E-state index contributed by atoms with van der Waals surface area (Å²) in [5, 5.41) is 18.9. The minimum absolute atomic E-state index is 0.385. The first-order chi connectivity index (χ1) is 8.58. The van der Waals surface area contributed by atoms with Gasteiger partial charge in [0.15, 0.2) is 0 Å². The fourth-order valence-electron chi connectivity index (χ4n) is 1.57. The molecule has 2 unspecified atom stereocenters. The molecule has 1 heterocycles. The normalized spacial score (nSPS) is 20.3. The minimum atomic E-state index is -0.972. The molecule has 1 saturated heterocycles. The van der Waals surface area contributed by atoms with Crippen LogP contribution >= 0.6 is 21.6 Å². The first kappa shape index (κ1) is 15.2. The van der Waals surface area contributed by atoms with Gasteiger partial charge in [0.05, 0.1) is 0 Å². The predicted octanol–water partition coefficient (Wildman–Crippen LogP) is 2.10. The highest BCUT2D eigenvalue weighted by Crippen LogP contribution is 2.39. The van der Waals surface area contributed by atoms with Gasteiger partial charge in [0.2, 0.25) is 0 Å². The second-order valence-electron chi connectivity index (χ2n) is 3.73. The van der Waals surface area contributed by atoms with Crippen LogP contribution in [0.5, 0.6) is 0 Å². The standard InChI is InChI=1S/C8H14N2O6S2/c11-9(12)15-6-7(16-10(13)14)2-1-3-8-4-5-17-18-8/h7-8H,1-6H2. The Labute approximate surface area is 111 Å². The molecule has 2 atom stereocenters. The molecule has 0 spiro atoms. The highest BCUT2D eigenvalue weighted by molar-refractivity contribution is 8.77. The van der Waals surface area contributed by atoms with Crippen molar-refractivity contribution in [2.45, 2.75) is 37.0 Å². The molecule has 1 aliphatic rings. The van der Waals surface area contributed by atoms with Crippen LogP contribution in [0.25, 0.3) is 0 Å². The van der Waals surface area contributed by atoms with Gasteiger partial charge in [0.25, 0.3) is 10.2 Å². The van der Waals surface area contributed by atoms with E-state index in [1.54, 1.807) is 0 Å². The second kappa shape index (κ2) is 8.25. The number of nitrogens with zero attached hydrogens (tertiary/aromatic N) is 2. The van der Waals surface area contributed by atoms with E-state index in [0.717, 1.165) is 25.0 Å². The fraction of sp³-hybridized carbons (Fsp3) is 1.00. The molecule has 0 bridgehead atoms. The average molecular weight is 298 g/mol. The van der Waals surface area contributed by atoms with Crippen LogP contribution in [0.15, 0.2) is 0 Å². The van der Waals surface area contributed by atoms with Crippen molar-refractivity contribution in [3.05, 3.63) is 20.2 Å². The maximum absolute atomic E-state index is 10.2. The first-order valence-corrected chi connectivity index (χ1v) is 7.83. The summed E-state index contributed by atoms with van der Waals surface area (Å²) >= 11 is 0. The Morgan fingerprint density at radius 3 is 2.67 bits per heavy atom. The molecule has 0 amide bonds. The zero-order valence-electron chi connectivity index (χ0n) is 9.56. The van der Waals surface area contributed by atoms with E-state index in [-0.39, 0.29) is 0 Å². The van der Waals surface area contributed by atoms with E-state index in [1.165, 1.54) is 0 Å². The van der Waals surface area contributed by atoms with Gasteiger partial charge in [-0.2, -0.15) is 0 Å². The molecule has 0 aromatic carbocycles. The van der Waals surface area contributed by atoms with Crippen molar-refractivity contribution < 1.29 is 19.8 Å². The summed E-state index contributed by atoms with van der Waals surface area (Å²) in [6.45, 7) is -0.402. The maximum atomic E-state index is 10.2. The van der Waals surface area contributed by atoms with Crippen LogP contribution in [0.1, 0.15) is 25.7 Å². The van der Waals surface area contributed by atoms with Crippen LogP contribution < -0.4 is 0 Å². The van der Waals surface area contributed by atoms with Crippen LogP contribution in [-0.2, 0) is 9.68 Å². The van der Waals surface area contributed by atoms with E-state index >= 15 is 0 Å². The zero-order chi connectivity index (χ0) is 13.4. The molecule has 0 saturated carbocycles. The molecule has 0 aromatic rings. The molecule has 1 rings (SSSR count). The van der Waals surface area contributed by atoms with Gasteiger partial charge in [-0.05, 0) is 19.3 Å². The molecule has 0 aliphatic carbocycles. The summed E-state index contributed by atoms with van der Waals surface area (Å²) in [7, 11) is 3.66. The van der Waals surface area contributed by atoms with Gasteiger partial charge in [-0.15, -0.1) is 20.2 Å². The molecule has 0 aromatic heterocycles. The van der Waals surface area contributed by atoms with E-state index in [0.29, 0.717) is 11.7 Å². The summed E-state index contributed by atoms with van der Waals surface area (Å²) in [4.78, 5) is 28.7. The molecular weight excluding hydrogens is 284 g/mol. The van der Waals surface area contributed by atoms with Crippen molar-refractivity contribution in [1.29, 1.82) is 0 Å². The van der Waals surface area contributed by atoms with Crippen molar-refractivity contribution in [1.82, 2.24) is 0 Å². The van der Waals surface area contributed by atoms with E-state index in [9.17, 15) is 20.2 Å². The topological polar surface area (TPSA) is 105 Å². The van der Waals surface area contributed by atoms with Gasteiger partial charge in [-0.3, -0.25) is 0 Å². The van der Waals surface area contributed by atoms with E-state index in [1.807, 2.05) is 21.6 Å². The smallest absolute Gasteiger partial charge is 0.294 e. The van der Waals surface area contributed by atoms with E-state index < -0.39 is 22.9 Å². The minimum Gasteiger partial charge on any atom is -0.312 e. The van der Waals surface area contributed by atoms with Crippen molar-refractivity contribution in [2.24, 2.45) is 0 Å². The summed E-state index contributed by atoms with van der Waals surface area (Å²) in [6.07, 6.45) is 2.33. The number of rotatable bonds is 9. The lowest BCUT2D eigenvalue weighted by atomic mass is 10.1. The summed E-state index contributed by atoms with van der Waals surface area (Å²) in [5.41, 5.74) is 0. The van der Waals surface area contributed by atoms with Crippen LogP contribution in [0, 0.1) is 20.2 Å². The van der Waals surface area contributed by atoms with Gasteiger partial charge in [0.1, 0.15) is 12.7 Å². The van der Waals surface area contributed by atoms with Gasteiger partial charge in [0, 0.05) is 11.0 Å². The molecule has 104 valence electrons. The first-order valence-electron chi connectivity index (χ1n) is 5.44. The van der Waals surface area contributed by atoms with Crippen LogP contribution in [0.4, 0.5) is 0 Å². The molecule has 1 aliphatic heterocycles. The Hall–Kier alpha value is -0.900. The Balaban J connectivity index is 2.21. The van der Waals surface area contributed by atoms with E-state index in [2.05, 4.69) is 9.68 Å². The van der Waals surface area contributed by atoms with Crippen LogP contribution in [-0.4, -0.2) is 33.9 Å². The third-order valence-corrected chi connectivity index (χ3v) is 5.39. The SMILES string of the molecule is O=[N+]([O-])OCC(CCCC1CCSS1)O[N+](=O)[O-]. The maximum Gasteiger partial charge on any atom is 0.294 e. The summed E-state index contributed by atoms with van der Waals surface area (Å²) in [6, 6.07) is 0. The highest BCUT2D eigenvalue weighted by Gasteiger charge is 2.19. The Bertz CT molecular complexity index is 287. The lowest BCUT2D eigenvalue weighted by molar-refractivity contribution is -0.790. The van der Waals surface area contributed by atoms with Gasteiger partial charge in [-0.1, -0.05) is 28.0 Å². The van der Waals surface area contributed by atoms with Crippen molar-refractivity contribution >= 4 is 21.6 Å². The highest BCUT2D eigenvalue weighted by atomic mass is 33.1. The largest absolute Gasteiger partial charge is 0.312 e. The third-order valence-electron chi connectivity index (χ3n) is 2.38. The van der Waals surface area contributed by atoms with Crippen molar-refractivity contribution in [3.63, 3.8) is 0 Å². The van der Waals surface area contributed by atoms with Crippen molar-refractivity contribution in [2.75, 3.05) is 12.4 Å². The molecule has 8 nitrogen and oxygen atoms in total. The molecule has 18 heavy (non-hydrogen) atoms. The lowest BCUT2D eigenvalue weighted by Gasteiger charge is -2.14. The van der Waals surface area contributed by atoms with Gasteiger partial charge in [-0.25, -0.2) is 0 Å². The van der Waals surface area contributed by atoms with Crippen LogP contribution in [0.3, 0.4) is 0 Å². The molecule has 10 heteroatoms. The molecule has 1 fully saturated rings.